The molecule has 0 aliphatic rings. The molecule has 178 valence electrons. The van der Waals surface area contributed by atoms with E-state index in [1.165, 1.54) is 43.6 Å². The van der Waals surface area contributed by atoms with E-state index in [-0.39, 0.29) is 39.7 Å². The fourth-order valence-electron chi connectivity index (χ4n) is 3.08. The molecule has 0 fully saturated rings. The van der Waals surface area contributed by atoms with Crippen molar-refractivity contribution in [2.24, 2.45) is 5.41 Å². The highest BCUT2D eigenvalue weighted by molar-refractivity contribution is 6.34. The summed E-state index contributed by atoms with van der Waals surface area (Å²) in [6.45, 7) is 6.22. The third-order valence-electron chi connectivity index (χ3n) is 4.82. The minimum atomic E-state index is -1.10. The Labute approximate surface area is 206 Å². The summed E-state index contributed by atoms with van der Waals surface area (Å²) in [6, 6.07) is 9.93. The van der Waals surface area contributed by atoms with Crippen molar-refractivity contribution in [1.82, 2.24) is 4.98 Å². The summed E-state index contributed by atoms with van der Waals surface area (Å²) >= 11 is 12.4. The van der Waals surface area contributed by atoms with Gasteiger partial charge in [-0.05, 0) is 41.8 Å². The lowest BCUT2D eigenvalue weighted by molar-refractivity contribution is 0.0696. The van der Waals surface area contributed by atoms with Crippen LogP contribution in [0, 0.1) is 11.2 Å². The second kappa shape index (κ2) is 9.99. The number of carboxylic acid groups (broad SMARTS) is 1. The number of nitrogens with zero attached hydrogens (tertiary/aromatic N) is 2. The molecule has 0 aliphatic heterocycles. The van der Waals surface area contributed by atoms with Gasteiger partial charge in [-0.15, -0.1) is 0 Å². The first kappa shape index (κ1) is 25.5. The van der Waals surface area contributed by atoms with Crippen LogP contribution in [0.1, 0.15) is 41.5 Å². The topological polar surface area (TPSA) is 79.7 Å². The summed E-state index contributed by atoms with van der Waals surface area (Å²) < 4.78 is 20.4. The Kier molecular flexibility index (Phi) is 7.48. The Morgan fingerprint density at radius 1 is 1.12 bits per heavy atom. The van der Waals surface area contributed by atoms with E-state index < -0.39 is 17.7 Å². The van der Waals surface area contributed by atoms with Crippen molar-refractivity contribution < 1.29 is 23.8 Å². The zero-order valence-corrected chi connectivity index (χ0v) is 20.5. The maximum Gasteiger partial charge on any atom is 0.335 e. The number of carboxylic acids is 1. The van der Waals surface area contributed by atoms with Crippen molar-refractivity contribution >= 4 is 40.9 Å². The summed E-state index contributed by atoms with van der Waals surface area (Å²) in [5.74, 6) is -2.17. The van der Waals surface area contributed by atoms with Crippen molar-refractivity contribution in [2.75, 3.05) is 18.6 Å². The Morgan fingerprint density at radius 2 is 1.82 bits per heavy atom. The van der Waals surface area contributed by atoms with Crippen molar-refractivity contribution in [3.8, 4) is 16.9 Å². The molecule has 1 heterocycles. The van der Waals surface area contributed by atoms with Crippen LogP contribution in [-0.4, -0.2) is 35.6 Å². The average molecular weight is 505 g/mol. The predicted molar refractivity (Wildman–Crippen MR) is 131 cm³/mol. The fraction of sp³-hybridized carbons (Fsp3) is 0.240. The van der Waals surface area contributed by atoms with Crippen molar-refractivity contribution in [2.45, 2.75) is 20.8 Å². The Balaban J connectivity index is 2.10. The zero-order chi connectivity index (χ0) is 25.2. The van der Waals surface area contributed by atoms with E-state index in [9.17, 15) is 19.1 Å². The van der Waals surface area contributed by atoms with Crippen LogP contribution in [0.4, 0.5) is 10.2 Å². The maximum atomic E-state index is 14.4. The van der Waals surface area contributed by atoms with Gasteiger partial charge in [0.25, 0.3) is 5.91 Å². The van der Waals surface area contributed by atoms with E-state index in [0.29, 0.717) is 16.1 Å². The van der Waals surface area contributed by atoms with Crippen LogP contribution in [0.3, 0.4) is 0 Å². The minimum absolute atomic E-state index is 0.0251. The second-order valence-corrected chi connectivity index (χ2v) is 9.67. The summed E-state index contributed by atoms with van der Waals surface area (Å²) in [5.41, 5.74) is 0.488. The highest BCUT2D eigenvalue weighted by atomic mass is 35.5. The number of aromatic carboxylic acids is 1. The standard InChI is InChI=1S/C25H23Cl2FN2O4/c1-25(2,3)13-34-20-11-15(16-10-14(24(32)33)8-9-17(16)26)12-29-22(20)30(4)23(31)21-18(27)6-5-7-19(21)28/h5-12H,13H2,1-4H3,(H,32,33). The highest BCUT2D eigenvalue weighted by Gasteiger charge is 2.25. The summed E-state index contributed by atoms with van der Waals surface area (Å²) in [6.07, 6.45) is 1.44. The van der Waals surface area contributed by atoms with E-state index in [4.69, 9.17) is 27.9 Å². The Hall–Kier alpha value is -3.16. The van der Waals surface area contributed by atoms with Gasteiger partial charge in [0.05, 0.1) is 22.8 Å². The van der Waals surface area contributed by atoms with Gasteiger partial charge in [-0.3, -0.25) is 9.69 Å². The number of hydrogen-bond acceptors (Lipinski definition) is 4. The van der Waals surface area contributed by atoms with Crippen LogP contribution in [-0.2, 0) is 0 Å². The number of anilines is 1. The molecule has 1 aromatic heterocycles. The van der Waals surface area contributed by atoms with Gasteiger partial charge in [-0.1, -0.05) is 50.0 Å². The van der Waals surface area contributed by atoms with E-state index >= 15 is 0 Å². The van der Waals surface area contributed by atoms with Crippen LogP contribution >= 0.6 is 23.2 Å². The number of carbonyl (C=O) groups excluding carboxylic acids is 1. The van der Waals surface area contributed by atoms with Crippen molar-refractivity contribution in [3.05, 3.63) is 75.7 Å². The molecule has 34 heavy (non-hydrogen) atoms. The Bertz CT molecular complexity index is 1240. The molecule has 1 N–H and O–H groups in total. The number of benzene rings is 2. The van der Waals surface area contributed by atoms with Gasteiger partial charge >= 0.3 is 5.97 Å². The molecule has 3 aromatic rings. The largest absolute Gasteiger partial charge is 0.489 e. The Morgan fingerprint density at radius 3 is 2.44 bits per heavy atom. The predicted octanol–water partition coefficient (Wildman–Crippen LogP) is 6.59. The summed E-state index contributed by atoms with van der Waals surface area (Å²) in [7, 11) is 1.44. The van der Waals surface area contributed by atoms with Crippen molar-refractivity contribution in [1.29, 1.82) is 0 Å². The van der Waals surface area contributed by atoms with Crippen LogP contribution < -0.4 is 9.64 Å². The van der Waals surface area contributed by atoms with Gasteiger partial charge in [0.1, 0.15) is 5.82 Å². The number of ether oxygens (including phenoxy) is 1. The molecule has 0 saturated carbocycles. The number of aromatic nitrogens is 1. The lowest BCUT2D eigenvalue weighted by atomic mass is 9.98. The van der Waals surface area contributed by atoms with E-state index in [1.54, 1.807) is 6.07 Å². The number of hydrogen-bond donors (Lipinski definition) is 1. The summed E-state index contributed by atoms with van der Waals surface area (Å²) in [4.78, 5) is 30.0. The maximum absolute atomic E-state index is 14.4. The monoisotopic (exact) mass is 504 g/mol. The normalized spacial score (nSPS) is 11.3. The second-order valence-electron chi connectivity index (χ2n) is 8.86. The molecule has 0 spiro atoms. The molecule has 0 aliphatic carbocycles. The van der Waals surface area contributed by atoms with Crippen LogP contribution in [0.15, 0.2) is 48.7 Å². The van der Waals surface area contributed by atoms with Gasteiger partial charge in [0.15, 0.2) is 11.6 Å². The number of halogens is 3. The van der Waals surface area contributed by atoms with Gasteiger partial charge in [0, 0.05) is 29.4 Å². The molecule has 1 amide bonds. The first-order valence-corrected chi connectivity index (χ1v) is 11.0. The molecule has 6 nitrogen and oxygen atoms in total. The van der Waals surface area contributed by atoms with Crippen LogP contribution in [0.5, 0.6) is 5.75 Å². The molecule has 0 radical (unpaired) electrons. The SMILES string of the molecule is CN(C(=O)c1c(F)cccc1Cl)c1ncc(-c2cc(C(=O)O)ccc2Cl)cc1OCC(C)(C)C. The average Bonchev–Trinajstić information content (AvgIpc) is 2.76. The molecule has 0 bridgehead atoms. The molecule has 2 aromatic carbocycles. The van der Waals surface area contributed by atoms with Gasteiger partial charge in [0.2, 0.25) is 0 Å². The molecule has 0 saturated heterocycles. The lowest BCUT2D eigenvalue weighted by Crippen LogP contribution is -2.29. The zero-order valence-electron chi connectivity index (χ0n) is 19.0. The molecule has 3 rings (SSSR count). The smallest absolute Gasteiger partial charge is 0.335 e. The first-order chi connectivity index (χ1) is 15.9. The van der Waals surface area contributed by atoms with E-state index in [2.05, 4.69) is 4.98 Å². The minimum Gasteiger partial charge on any atom is -0.489 e. The van der Waals surface area contributed by atoms with Crippen LogP contribution in [0.2, 0.25) is 10.0 Å². The van der Waals surface area contributed by atoms with Crippen molar-refractivity contribution in [3.63, 3.8) is 0 Å². The number of amides is 1. The van der Waals surface area contributed by atoms with Crippen LogP contribution in [0.25, 0.3) is 11.1 Å². The van der Waals surface area contributed by atoms with E-state index in [1.807, 2.05) is 20.8 Å². The molecule has 0 unspecified atom stereocenters. The molecule has 9 heteroatoms. The summed E-state index contributed by atoms with van der Waals surface area (Å²) in [5, 5.41) is 9.64. The van der Waals surface area contributed by atoms with Gasteiger partial charge in [-0.25, -0.2) is 14.2 Å². The number of pyridine rings is 1. The number of rotatable bonds is 6. The third kappa shape index (κ3) is 5.66. The first-order valence-electron chi connectivity index (χ1n) is 10.3. The molecular weight excluding hydrogens is 482 g/mol. The third-order valence-corrected chi connectivity index (χ3v) is 5.46. The molecule has 0 atom stereocenters. The van der Waals surface area contributed by atoms with Gasteiger partial charge in [-0.2, -0.15) is 0 Å². The molecular formula is C25H23Cl2FN2O4. The lowest BCUT2D eigenvalue weighted by Gasteiger charge is -2.24. The van der Waals surface area contributed by atoms with Gasteiger partial charge < -0.3 is 9.84 Å². The number of carbonyl (C=O) groups is 2. The fourth-order valence-corrected chi connectivity index (χ4v) is 3.55. The highest BCUT2D eigenvalue weighted by Crippen LogP contribution is 2.36. The quantitative estimate of drug-likeness (QED) is 0.409. The van der Waals surface area contributed by atoms with E-state index in [0.717, 1.165) is 11.0 Å².